The van der Waals surface area contributed by atoms with Crippen molar-refractivity contribution in [1.29, 1.82) is 0 Å². The van der Waals surface area contributed by atoms with Crippen LogP contribution in [0.4, 0.5) is 0 Å². The molecule has 0 aromatic heterocycles. The molecule has 1 saturated heterocycles. The van der Waals surface area contributed by atoms with Crippen LogP contribution in [-0.2, 0) is 4.79 Å². The van der Waals surface area contributed by atoms with E-state index in [0.29, 0.717) is 22.5 Å². The van der Waals surface area contributed by atoms with Crippen LogP contribution in [0.25, 0.3) is 0 Å². The normalized spacial score (nSPS) is 14.3. The number of benzene rings is 2. The average molecular weight is 453 g/mol. The van der Waals surface area contributed by atoms with Gasteiger partial charge >= 0.3 is 0 Å². The van der Waals surface area contributed by atoms with Crippen molar-refractivity contribution in [2.45, 2.75) is 11.5 Å². The molecular weight excluding hydrogens is 432 g/mol. The number of rotatable bonds is 8. The maximum absolute atomic E-state index is 11.9. The fraction of sp³-hybridized carbons (Fsp3) is 0.300. The van der Waals surface area contributed by atoms with Crippen LogP contribution < -0.4 is 14.9 Å². The second-order valence-electron chi connectivity index (χ2n) is 6.01. The van der Waals surface area contributed by atoms with E-state index in [4.69, 9.17) is 21.1 Å². The summed E-state index contributed by atoms with van der Waals surface area (Å²) in [6.45, 7) is 2.04. The number of aromatic hydroxyl groups is 1. The Labute approximate surface area is 183 Å². The highest BCUT2D eigenvalue weighted by Crippen LogP contribution is 2.45. The molecule has 1 aliphatic rings. The van der Waals surface area contributed by atoms with Crippen molar-refractivity contribution in [3.63, 3.8) is 0 Å². The SMILES string of the molecule is CCOc1cc(/C=N\NC(=O)COc2ccc(C3SCCS3)cc2)cc(Cl)c1O. The molecule has 1 heterocycles. The summed E-state index contributed by atoms with van der Waals surface area (Å²) in [5.41, 5.74) is 4.24. The van der Waals surface area contributed by atoms with Crippen LogP contribution in [-0.4, -0.2) is 41.9 Å². The lowest BCUT2D eigenvalue weighted by Gasteiger charge is -2.10. The molecule has 0 radical (unpaired) electrons. The van der Waals surface area contributed by atoms with Gasteiger partial charge in [0.25, 0.3) is 5.91 Å². The van der Waals surface area contributed by atoms with E-state index in [2.05, 4.69) is 10.5 Å². The summed E-state index contributed by atoms with van der Waals surface area (Å²) < 4.78 is 11.3. The van der Waals surface area contributed by atoms with Gasteiger partial charge in [0, 0.05) is 11.5 Å². The molecule has 6 nitrogen and oxygen atoms in total. The highest BCUT2D eigenvalue weighted by Gasteiger charge is 2.18. The summed E-state index contributed by atoms with van der Waals surface area (Å²) in [6.07, 6.45) is 1.41. The minimum Gasteiger partial charge on any atom is -0.503 e. The van der Waals surface area contributed by atoms with E-state index in [9.17, 15) is 9.90 Å². The molecule has 0 unspecified atom stereocenters. The van der Waals surface area contributed by atoms with Gasteiger partial charge in [-0.15, -0.1) is 23.5 Å². The fourth-order valence-corrected chi connectivity index (χ4v) is 5.64. The lowest BCUT2D eigenvalue weighted by Crippen LogP contribution is -2.24. The number of hydrazone groups is 1. The Morgan fingerprint density at radius 1 is 1.28 bits per heavy atom. The lowest BCUT2D eigenvalue weighted by atomic mass is 10.2. The molecule has 0 spiro atoms. The molecule has 9 heteroatoms. The predicted molar refractivity (Wildman–Crippen MR) is 120 cm³/mol. The molecule has 0 bridgehead atoms. The van der Waals surface area contributed by atoms with E-state index in [1.807, 2.05) is 47.8 Å². The van der Waals surface area contributed by atoms with Gasteiger partial charge in [-0.2, -0.15) is 5.10 Å². The molecule has 1 fully saturated rings. The van der Waals surface area contributed by atoms with Gasteiger partial charge in [-0.1, -0.05) is 23.7 Å². The largest absolute Gasteiger partial charge is 0.503 e. The number of halogens is 1. The third kappa shape index (κ3) is 6.22. The summed E-state index contributed by atoms with van der Waals surface area (Å²) in [5, 5.41) is 13.9. The summed E-state index contributed by atoms with van der Waals surface area (Å²) >= 11 is 9.85. The minimum absolute atomic E-state index is 0.126. The molecule has 29 heavy (non-hydrogen) atoms. The first-order valence-electron chi connectivity index (χ1n) is 9.00. The van der Waals surface area contributed by atoms with Gasteiger partial charge in [0.2, 0.25) is 0 Å². The summed E-state index contributed by atoms with van der Waals surface area (Å²) in [4.78, 5) is 11.9. The highest BCUT2D eigenvalue weighted by atomic mass is 35.5. The molecule has 0 aliphatic carbocycles. The van der Waals surface area contributed by atoms with Gasteiger partial charge in [-0.05, 0) is 42.3 Å². The minimum atomic E-state index is -0.387. The second-order valence-corrected chi connectivity index (χ2v) is 9.14. The highest BCUT2D eigenvalue weighted by molar-refractivity contribution is 8.19. The first-order valence-corrected chi connectivity index (χ1v) is 11.5. The molecule has 154 valence electrons. The van der Waals surface area contributed by atoms with Crippen molar-refractivity contribution in [2.24, 2.45) is 5.10 Å². The van der Waals surface area contributed by atoms with Crippen LogP contribution in [0.5, 0.6) is 17.2 Å². The standard InChI is InChI=1S/C20H21ClN2O4S2/c1-2-26-17-10-13(9-16(21)19(17)25)11-22-23-18(24)12-27-15-5-3-14(4-6-15)20-28-7-8-29-20/h3-6,9-11,20,25H,2,7-8,12H2,1H3,(H,23,24)/b22-11-. The van der Waals surface area contributed by atoms with E-state index in [-0.39, 0.29) is 29.0 Å². The predicted octanol–water partition coefficient (Wildman–Crippen LogP) is 4.45. The third-order valence-electron chi connectivity index (χ3n) is 3.90. The van der Waals surface area contributed by atoms with Crippen molar-refractivity contribution >= 4 is 47.2 Å². The van der Waals surface area contributed by atoms with E-state index < -0.39 is 0 Å². The monoisotopic (exact) mass is 452 g/mol. The number of thioether (sulfide) groups is 2. The van der Waals surface area contributed by atoms with E-state index in [1.54, 1.807) is 13.0 Å². The van der Waals surface area contributed by atoms with Gasteiger partial charge in [-0.25, -0.2) is 5.43 Å². The zero-order chi connectivity index (χ0) is 20.6. The molecule has 1 aliphatic heterocycles. The van der Waals surface area contributed by atoms with Crippen LogP contribution in [0, 0.1) is 0 Å². The molecule has 0 saturated carbocycles. The Balaban J connectivity index is 1.48. The molecule has 2 N–H and O–H groups in total. The van der Waals surface area contributed by atoms with Crippen molar-refractivity contribution in [3.8, 4) is 17.2 Å². The number of nitrogens with zero attached hydrogens (tertiary/aromatic N) is 1. The Hall–Kier alpha value is -2.03. The zero-order valence-corrected chi connectivity index (χ0v) is 18.1. The summed E-state index contributed by atoms with van der Waals surface area (Å²) in [5.74, 6) is 2.73. The zero-order valence-electron chi connectivity index (χ0n) is 15.8. The van der Waals surface area contributed by atoms with E-state index in [0.717, 1.165) is 0 Å². The van der Waals surface area contributed by atoms with Gasteiger partial charge in [-0.3, -0.25) is 4.79 Å². The Morgan fingerprint density at radius 2 is 2.00 bits per heavy atom. The number of phenols is 1. The van der Waals surface area contributed by atoms with Crippen LogP contribution in [0.2, 0.25) is 5.02 Å². The van der Waals surface area contributed by atoms with Gasteiger partial charge in [0.05, 0.1) is 22.4 Å². The van der Waals surface area contributed by atoms with Crippen molar-refractivity contribution in [2.75, 3.05) is 24.7 Å². The van der Waals surface area contributed by atoms with Crippen molar-refractivity contribution < 1.29 is 19.4 Å². The lowest BCUT2D eigenvalue weighted by molar-refractivity contribution is -0.123. The van der Waals surface area contributed by atoms with Crippen LogP contribution >= 0.6 is 35.1 Å². The number of hydrogen-bond acceptors (Lipinski definition) is 7. The molecular formula is C20H21ClN2O4S2. The van der Waals surface area contributed by atoms with Gasteiger partial charge in [0.1, 0.15) is 5.75 Å². The summed E-state index contributed by atoms with van der Waals surface area (Å²) in [6, 6.07) is 10.9. The number of hydrogen-bond donors (Lipinski definition) is 2. The maximum atomic E-state index is 11.9. The number of nitrogens with one attached hydrogen (secondary N) is 1. The van der Waals surface area contributed by atoms with E-state index >= 15 is 0 Å². The summed E-state index contributed by atoms with van der Waals surface area (Å²) in [7, 11) is 0. The van der Waals surface area contributed by atoms with Crippen molar-refractivity contribution in [1.82, 2.24) is 5.43 Å². The first-order chi connectivity index (χ1) is 14.1. The number of ether oxygens (including phenoxy) is 2. The smallest absolute Gasteiger partial charge is 0.277 e. The first kappa shape index (κ1) is 21.7. The third-order valence-corrected chi connectivity index (χ3v) is 7.29. The number of carbonyl (C=O) groups excluding carboxylic acids is 1. The fourth-order valence-electron chi connectivity index (χ4n) is 2.57. The maximum Gasteiger partial charge on any atom is 0.277 e. The van der Waals surface area contributed by atoms with Crippen LogP contribution in [0.15, 0.2) is 41.5 Å². The second kappa shape index (κ2) is 10.7. The molecule has 3 rings (SSSR count). The molecule has 2 aromatic rings. The topological polar surface area (TPSA) is 80.2 Å². The molecule has 1 amide bonds. The van der Waals surface area contributed by atoms with Crippen molar-refractivity contribution in [3.05, 3.63) is 52.5 Å². The van der Waals surface area contributed by atoms with Gasteiger partial charge in [0.15, 0.2) is 18.1 Å². The van der Waals surface area contributed by atoms with Crippen LogP contribution in [0.3, 0.4) is 0 Å². The molecule has 0 atom stereocenters. The Kier molecular flexibility index (Phi) is 7.97. The Morgan fingerprint density at radius 3 is 2.69 bits per heavy atom. The number of carbonyl (C=O) groups is 1. The average Bonchev–Trinajstić information content (AvgIpc) is 3.25. The number of amides is 1. The molecule has 2 aromatic carbocycles. The quantitative estimate of drug-likeness (QED) is 0.455. The van der Waals surface area contributed by atoms with Gasteiger partial charge < -0.3 is 14.6 Å². The van der Waals surface area contributed by atoms with Crippen LogP contribution in [0.1, 0.15) is 22.6 Å². The van der Waals surface area contributed by atoms with E-state index in [1.165, 1.54) is 29.4 Å². The number of phenolic OH excluding ortho intramolecular Hbond substituents is 1. The Bertz CT molecular complexity index is 872.